The summed E-state index contributed by atoms with van der Waals surface area (Å²) < 4.78 is 41.7. The molecule has 1 atom stereocenters. The maximum atomic E-state index is 13.0. The van der Waals surface area contributed by atoms with Crippen molar-refractivity contribution < 1.29 is 27.5 Å². The lowest BCUT2D eigenvalue weighted by Crippen LogP contribution is -2.50. The van der Waals surface area contributed by atoms with E-state index in [4.69, 9.17) is 0 Å². The Kier molecular flexibility index (Phi) is 6.39. The zero-order valence-electron chi connectivity index (χ0n) is 15.9. The van der Waals surface area contributed by atoms with Crippen molar-refractivity contribution in [2.75, 3.05) is 18.0 Å². The van der Waals surface area contributed by atoms with Crippen LogP contribution >= 0.6 is 11.3 Å². The molecule has 0 radical (unpaired) electrons. The monoisotopic (exact) mass is 430 g/mol. The van der Waals surface area contributed by atoms with E-state index < -0.39 is 24.2 Å². The number of imide groups is 1. The minimum absolute atomic E-state index is 0.0398. The van der Waals surface area contributed by atoms with Gasteiger partial charge in [0.1, 0.15) is 5.75 Å². The molecule has 1 fully saturated rings. The quantitative estimate of drug-likeness (QED) is 0.733. The van der Waals surface area contributed by atoms with Crippen LogP contribution < -0.4 is 20.3 Å². The van der Waals surface area contributed by atoms with Crippen LogP contribution in [-0.4, -0.2) is 48.3 Å². The van der Waals surface area contributed by atoms with E-state index in [0.717, 1.165) is 28.7 Å². The fraction of sp³-hybridized carbons (Fsp3) is 0.500. The molecule has 0 bridgehead atoms. The Labute approximate surface area is 169 Å². The minimum atomic E-state index is -4.81. The number of thiazole rings is 1. The van der Waals surface area contributed by atoms with E-state index in [0.29, 0.717) is 23.2 Å². The van der Waals surface area contributed by atoms with Gasteiger partial charge >= 0.3 is 6.36 Å². The van der Waals surface area contributed by atoms with Crippen LogP contribution in [0.5, 0.6) is 5.75 Å². The number of aromatic nitrogens is 1. The van der Waals surface area contributed by atoms with Gasteiger partial charge in [0, 0.05) is 12.1 Å². The molecule has 7 nitrogen and oxygen atoms in total. The van der Waals surface area contributed by atoms with E-state index >= 15 is 0 Å². The highest BCUT2D eigenvalue weighted by molar-refractivity contribution is 7.22. The summed E-state index contributed by atoms with van der Waals surface area (Å²) >= 11 is 0.965. The van der Waals surface area contributed by atoms with Crippen LogP contribution in [0.3, 0.4) is 0 Å². The first kappa shape index (κ1) is 21.5. The standard InChI is InChI=1S/C18H21F3N4O3S/c1-10(2)23-9-15(26)25(16(27)13-4-3-7-22-13)17-24-12-6-5-11(8-14(12)29-17)28-18(19,20)21/h5-6,8,10,13,22-23H,3-4,7,9H2,1-2H3/t13-/m0/s1. The summed E-state index contributed by atoms with van der Waals surface area (Å²) in [6.45, 7) is 4.37. The zero-order chi connectivity index (χ0) is 21.2. The Bertz CT molecular complexity index is 894. The van der Waals surface area contributed by atoms with Crippen molar-refractivity contribution >= 4 is 38.5 Å². The van der Waals surface area contributed by atoms with E-state index in [-0.39, 0.29) is 23.5 Å². The highest BCUT2D eigenvalue weighted by Crippen LogP contribution is 2.34. The zero-order valence-corrected chi connectivity index (χ0v) is 16.7. The average Bonchev–Trinajstić information content (AvgIpc) is 3.27. The third-order valence-electron chi connectivity index (χ3n) is 4.26. The Morgan fingerprint density at radius 2 is 2.17 bits per heavy atom. The largest absolute Gasteiger partial charge is 0.573 e. The number of hydrogen-bond acceptors (Lipinski definition) is 7. The van der Waals surface area contributed by atoms with E-state index in [9.17, 15) is 22.8 Å². The van der Waals surface area contributed by atoms with Crippen LogP contribution in [-0.2, 0) is 9.59 Å². The molecular formula is C18H21F3N4O3S. The lowest BCUT2D eigenvalue weighted by atomic mass is 10.2. The van der Waals surface area contributed by atoms with Gasteiger partial charge < -0.3 is 15.4 Å². The number of halogens is 3. The van der Waals surface area contributed by atoms with Crippen LogP contribution in [0.2, 0.25) is 0 Å². The van der Waals surface area contributed by atoms with Gasteiger partial charge in [-0.3, -0.25) is 9.59 Å². The third-order valence-corrected chi connectivity index (χ3v) is 5.27. The molecule has 0 saturated carbocycles. The predicted molar refractivity (Wildman–Crippen MR) is 103 cm³/mol. The molecule has 0 aliphatic carbocycles. The number of ether oxygens (including phenoxy) is 1. The molecule has 2 aromatic rings. The van der Waals surface area contributed by atoms with Gasteiger partial charge in [0.05, 0.1) is 22.8 Å². The van der Waals surface area contributed by atoms with E-state index in [2.05, 4.69) is 20.4 Å². The van der Waals surface area contributed by atoms with Gasteiger partial charge in [-0.1, -0.05) is 25.2 Å². The molecule has 2 heterocycles. The lowest BCUT2D eigenvalue weighted by molar-refractivity contribution is -0.274. The molecule has 1 aromatic carbocycles. The van der Waals surface area contributed by atoms with Crippen molar-refractivity contribution in [2.45, 2.75) is 45.1 Å². The van der Waals surface area contributed by atoms with Gasteiger partial charge in [-0.15, -0.1) is 13.2 Å². The van der Waals surface area contributed by atoms with Crippen molar-refractivity contribution in [2.24, 2.45) is 0 Å². The van der Waals surface area contributed by atoms with Crippen molar-refractivity contribution in [3.8, 4) is 5.75 Å². The second-order valence-corrected chi connectivity index (χ2v) is 7.93. The summed E-state index contributed by atoms with van der Waals surface area (Å²) in [7, 11) is 0. The molecule has 1 aliphatic heterocycles. The summed E-state index contributed by atoms with van der Waals surface area (Å²) in [5, 5.41) is 6.16. The fourth-order valence-corrected chi connectivity index (χ4v) is 3.95. The molecule has 2 amide bonds. The van der Waals surface area contributed by atoms with Gasteiger partial charge in [-0.05, 0) is 31.5 Å². The first-order valence-corrected chi connectivity index (χ1v) is 9.95. The second kappa shape index (κ2) is 8.64. The van der Waals surface area contributed by atoms with Crippen LogP contribution in [0.25, 0.3) is 10.2 Å². The average molecular weight is 430 g/mol. The molecule has 11 heteroatoms. The molecule has 1 saturated heterocycles. The molecule has 0 spiro atoms. The normalized spacial score (nSPS) is 17.1. The van der Waals surface area contributed by atoms with Gasteiger partial charge in [0.2, 0.25) is 5.91 Å². The highest BCUT2D eigenvalue weighted by Gasteiger charge is 2.34. The van der Waals surface area contributed by atoms with Crippen molar-refractivity contribution in [3.05, 3.63) is 18.2 Å². The molecule has 1 aromatic heterocycles. The number of nitrogens with zero attached hydrogens (tertiary/aromatic N) is 2. The maximum Gasteiger partial charge on any atom is 0.573 e. The number of fused-ring (bicyclic) bond motifs is 1. The third kappa shape index (κ3) is 5.43. The number of carbonyl (C=O) groups is 2. The molecule has 158 valence electrons. The number of anilines is 1. The number of nitrogens with one attached hydrogen (secondary N) is 2. The highest BCUT2D eigenvalue weighted by atomic mass is 32.1. The first-order valence-electron chi connectivity index (χ1n) is 9.14. The Morgan fingerprint density at radius 1 is 1.41 bits per heavy atom. The minimum Gasteiger partial charge on any atom is -0.406 e. The van der Waals surface area contributed by atoms with Crippen LogP contribution in [0.1, 0.15) is 26.7 Å². The maximum absolute atomic E-state index is 13.0. The van der Waals surface area contributed by atoms with Crippen molar-refractivity contribution in [1.29, 1.82) is 0 Å². The smallest absolute Gasteiger partial charge is 0.406 e. The topological polar surface area (TPSA) is 83.6 Å². The number of hydrogen-bond donors (Lipinski definition) is 2. The van der Waals surface area contributed by atoms with Crippen LogP contribution in [0.4, 0.5) is 18.3 Å². The Hall–Kier alpha value is -2.24. The van der Waals surface area contributed by atoms with Crippen LogP contribution in [0.15, 0.2) is 18.2 Å². The predicted octanol–water partition coefficient (Wildman–Crippen LogP) is 2.80. The van der Waals surface area contributed by atoms with Crippen molar-refractivity contribution in [3.63, 3.8) is 0 Å². The molecular weight excluding hydrogens is 409 g/mol. The lowest BCUT2D eigenvalue weighted by Gasteiger charge is -2.22. The number of amides is 2. The van der Waals surface area contributed by atoms with Crippen molar-refractivity contribution in [1.82, 2.24) is 15.6 Å². The van der Waals surface area contributed by atoms with Gasteiger partial charge in [0.15, 0.2) is 5.13 Å². The van der Waals surface area contributed by atoms with E-state index in [1.54, 1.807) is 0 Å². The molecule has 2 N–H and O–H groups in total. The Balaban J connectivity index is 1.92. The number of carbonyl (C=O) groups excluding carboxylic acids is 2. The molecule has 29 heavy (non-hydrogen) atoms. The second-order valence-electron chi connectivity index (χ2n) is 6.93. The summed E-state index contributed by atoms with van der Waals surface area (Å²) in [5.74, 6) is -1.27. The summed E-state index contributed by atoms with van der Waals surface area (Å²) in [5.41, 5.74) is 0.376. The SMILES string of the molecule is CC(C)NCC(=O)N(C(=O)[C@@H]1CCCN1)c1nc2ccc(OC(F)(F)F)cc2s1. The molecule has 3 rings (SSSR count). The van der Waals surface area contributed by atoms with Gasteiger partial charge in [0.25, 0.3) is 5.91 Å². The van der Waals surface area contributed by atoms with E-state index in [1.165, 1.54) is 12.1 Å². The molecule has 0 unspecified atom stereocenters. The van der Waals surface area contributed by atoms with E-state index in [1.807, 2.05) is 13.8 Å². The van der Waals surface area contributed by atoms with Crippen LogP contribution in [0, 0.1) is 0 Å². The number of benzene rings is 1. The van der Waals surface area contributed by atoms with Gasteiger partial charge in [-0.25, -0.2) is 9.88 Å². The molecule has 1 aliphatic rings. The van der Waals surface area contributed by atoms with Gasteiger partial charge in [-0.2, -0.15) is 0 Å². The Morgan fingerprint density at radius 3 is 2.79 bits per heavy atom. The summed E-state index contributed by atoms with van der Waals surface area (Å²) in [6, 6.07) is 3.25. The number of rotatable bonds is 6. The summed E-state index contributed by atoms with van der Waals surface area (Å²) in [6.07, 6.45) is -3.38. The summed E-state index contributed by atoms with van der Waals surface area (Å²) in [4.78, 5) is 31.1. The fourth-order valence-electron chi connectivity index (χ4n) is 2.93. The first-order chi connectivity index (χ1) is 13.6. The number of alkyl halides is 3.